The van der Waals surface area contributed by atoms with E-state index in [1.807, 2.05) is 23.6 Å². The molecule has 2 rings (SSSR count). The standard InChI is InChI=1S/C19H24BrN3O3S/c1-3-5-6-9-26-17-8-7-15(20)10-14(17)12-21-23-19-22-16(13-27-19)11-18(24)25-4-2/h7-8,10,12-13H,3-6,9,11H2,1-2H3,(H,22,23). The number of rotatable bonds is 11. The quantitative estimate of drug-likeness (QED) is 0.223. The van der Waals surface area contributed by atoms with E-state index >= 15 is 0 Å². The van der Waals surface area contributed by atoms with Crippen LogP contribution in [0.4, 0.5) is 5.13 Å². The van der Waals surface area contributed by atoms with E-state index in [0.29, 0.717) is 24.0 Å². The van der Waals surface area contributed by atoms with Crippen LogP contribution in [0.5, 0.6) is 5.75 Å². The smallest absolute Gasteiger partial charge is 0.311 e. The number of nitrogens with zero attached hydrogens (tertiary/aromatic N) is 2. The summed E-state index contributed by atoms with van der Waals surface area (Å²) in [5, 5.41) is 6.68. The molecule has 8 heteroatoms. The van der Waals surface area contributed by atoms with Gasteiger partial charge in [0, 0.05) is 15.4 Å². The van der Waals surface area contributed by atoms with E-state index < -0.39 is 0 Å². The van der Waals surface area contributed by atoms with Crippen molar-refractivity contribution in [1.29, 1.82) is 0 Å². The Morgan fingerprint density at radius 2 is 2.22 bits per heavy atom. The number of anilines is 1. The van der Waals surface area contributed by atoms with Crippen molar-refractivity contribution in [2.45, 2.75) is 39.5 Å². The number of aromatic nitrogens is 1. The van der Waals surface area contributed by atoms with E-state index in [4.69, 9.17) is 9.47 Å². The zero-order chi connectivity index (χ0) is 19.5. The van der Waals surface area contributed by atoms with Gasteiger partial charge < -0.3 is 9.47 Å². The first kappa shape index (κ1) is 21.4. The fourth-order valence-electron chi connectivity index (χ4n) is 2.24. The van der Waals surface area contributed by atoms with Crippen LogP contribution in [0.25, 0.3) is 0 Å². The molecule has 0 unspecified atom stereocenters. The summed E-state index contributed by atoms with van der Waals surface area (Å²) >= 11 is 4.86. The molecule has 0 fully saturated rings. The zero-order valence-corrected chi connectivity index (χ0v) is 17.9. The van der Waals surface area contributed by atoms with Crippen molar-refractivity contribution >= 4 is 44.6 Å². The van der Waals surface area contributed by atoms with Gasteiger partial charge in [-0.05, 0) is 31.5 Å². The number of hydrogen-bond acceptors (Lipinski definition) is 7. The van der Waals surface area contributed by atoms with Crippen LogP contribution in [-0.4, -0.2) is 30.4 Å². The minimum Gasteiger partial charge on any atom is -0.493 e. The largest absolute Gasteiger partial charge is 0.493 e. The Bertz CT molecular complexity index is 764. The molecule has 0 radical (unpaired) electrons. The van der Waals surface area contributed by atoms with Gasteiger partial charge in [-0.25, -0.2) is 4.98 Å². The lowest BCUT2D eigenvalue weighted by Gasteiger charge is -2.09. The number of nitrogens with one attached hydrogen (secondary N) is 1. The molecule has 2 aromatic rings. The topological polar surface area (TPSA) is 72.8 Å². The highest BCUT2D eigenvalue weighted by Crippen LogP contribution is 2.22. The molecule has 27 heavy (non-hydrogen) atoms. The maximum absolute atomic E-state index is 11.5. The molecule has 1 aromatic carbocycles. The highest BCUT2D eigenvalue weighted by atomic mass is 79.9. The van der Waals surface area contributed by atoms with E-state index in [9.17, 15) is 4.79 Å². The molecule has 1 aromatic heterocycles. The number of esters is 1. The van der Waals surface area contributed by atoms with Crippen LogP contribution in [0.1, 0.15) is 44.4 Å². The van der Waals surface area contributed by atoms with Crippen LogP contribution in [0.3, 0.4) is 0 Å². The summed E-state index contributed by atoms with van der Waals surface area (Å²) in [4.78, 5) is 15.8. The Morgan fingerprint density at radius 1 is 1.37 bits per heavy atom. The Morgan fingerprint density at radius 3 is 3.00 bits per heavy atom. The van der Waals surface area contributed by atoms with Gasteiger partial charge in [0.2, 0.25) is 5.13 Å². The zero-order valence-electron chi connectivity index (χ0n) is 15.5. The van der Waals surface area contributed by atoms with Crippen LogP contribution in [0.2, 0.25) is 0 Å². The SMILES string of the molecule is CCCCCOc1ccc(Br)cc1C=NNc1nc(CC(=O)OCC)cs1. The predicted octanol–water partition coefficient (Wildman–Crippen LogP) is 5.03. The lowest BCUT2D eigenvalue weighted by molar-refractivity contribution is -0.142. The van der Waals surface area contributed by atoms with Gasteiger partial charge in [-0.1, -0.05) is 35.7 Å². The summed E-state index contributed by atoms with van der Waals surface area (Å²) in [5.74, 6) is 0.513. The fourth-order valence-corrected chi connectivity index (χ4v) is 3.28. The van der Waals surface area contributed by atoms with Crippen molar-refractivity contribution in [3.05, 3.63) is 39.3 Å². The summed E-state index contributed by atoms with van der Waals surface area (Å²) in [6.45, 7) is 5.01. The molecule has 0 aliphatic carbocycles. The van der Waals surface area contributed by atoms with Crippen molar-refractivity contribution in [2.75, 3.05) is 18.6 Å². The summed E-state index contributed by atoms with van der Waals surface area (Å²) in [5.41, 5.74) is 4.43. The first-order valence-corrected chi connectivity index (χ1v) is 10.6. The second-order valence-corrected chi connectivity index (χ2v) is 7.51. The third-order valence-corrected chi connectivity index (χ3v) is 4.81. The molecule has 0 saturated heterocycles. The molecule has 1 N–H and O–H groups in total. The van der Waals surface area contributed by atoms with Crippen LogP contribution in [0.15, 0.2) is 33.2 Å². The highest BCUT2D eigenvalue weighted by molar-refractivity contribution is 9.10. The van der Waals surface area contributed by atoms with Gasteiger partial charge in [0.1, 0.15) is 5.75 Å². The number of thiazole rings is 1. The molecule has 0 amide bonds. The second-order valence-electron chi connectivity index (χ2n) is 5.73. The number of carbonyl (C=O) groups excluding carboxylic acids is 1. The first-order valence-electron chi connectivity index (χ1n) is 8.93. The molecule has 0 spiro atoms. The van der Waals surface area contributed by atoms with E-state index in [1.54, 1.807) is 13.1 Å². The van der Waals surface area contributed by atoms with Gasteiger partial charge in [-0.2, -0.15) is 5.10 Å². The Hall–Kier alpha value is -1.93. The third-order valence-electron chi connectivity index (χ3n) is 3.52. The Labute approximate surface area is 172 Å². The average molecular weight is 454 g/mol. The van der Waals surface area contributed by atoms with Crippen molar-refractivity contribution < 1.29 is 14.3 Å². The average Bonchev–Trinajstić information content (AvgIpc) is 3.07. The van der Waals surface area contributed by atoms with Gasteiger partial charge in [0.05, 0.1) is 31.5 Å². The van der Waals surface area contributed by atoms with Gasteiger partial charge in [-0.15, -0.1) is 11.3 Å². The number of hydrogen-bond donors (Lipinski definition) is 1. The predicted molar refractivity (Wildman–Crippen MR) is 113 cm³/mol. The molecule has 146 valence electrons. The van der Waals surface area contributed by atoms with Gasteiger partial charge in [-0.3, -0.25) is 10.2 Å². The molecule has 0 aliphatic rings. The maximum atomic E-state index is 11.5. The highest BCUT2D eigenvalue weighted by Gasteiger charge is 2.08. The number of hydrazone groups is 1. The number of benzene rings is 1. The molecule has 6 nitrogen and oxygen atoms in total. The van der Waals surface area contributed by atoms with Crippen molar-refractivity contribution in [3.8, 4) is 5.75 Å². The van der Waals surface area contributed by atoms with E-state index in [1.165, 1.54) is 11.3 Å². The van der Waals surface area contributed by atoms with E-state index in [0.717, 1.165) is 35.0 Å². The lowest BCUT2D eigenvalue weighted by atomic mass is 10.2. The van der Waals surface area contributed by atoms with Crippen LogP contribution < -0.4 is 10.2 Å². The fraction of sp³-hybridized carbons (Fsp3) is 0.421. The minimum atomic E-state index is -0.281. The third kappa shape index (κ3) is 7.68. The number of ether oxygens (including phenoxy) is 2. The van der Waals surface area contributed by atoms with E-state index in [-0.39, 0.29) is 12.4 Å². The lowest BCUT2D eigenvalue weighted by Crippen LogP contribution is -2.07. The van der Waals surface area contributed by atoms with Gasteiger partial charge in [0.15, 0.2) is 0 Å². The van der Waals surface area contributed by atoms with Gasteiger partial charge in [0.25, 0.3) is 0 Å². The molecular formula is C19H24BrN3O3S. The number of unbranched alkanes of at least 4 members (excludes halogenated alkanes) is 2. The Kier molecular flexibility index (Phi) is 9.27. The molecule has 0 atom stereocenters. The monoisotopic (exact) mass is 453 g/mol. The van der Waals surface area contributed by atoms with Crippen LogP contribution in [-0.2, 0) is 16.0 Å². The summed E-state index contributed by atoms with van der Waals surface area (Å²) in [6.07, 6.45) is 5.21. The minimum absolute atomic E-state index is 0.164. The second kappa shape index (κ2) is 11.7. The number of carbonyl (C=O) groups is 1. The number of halogens is 1. The van der Waals surface area contributed by atoms with E-state index in [2.05, 4.69) is 38.4 Å². The molecular weight excluding hydrogens is 430 g/mol. The summed E-state index contributed by atoms with van der Waals surface area (Å²) in [6, 6.07) is 5.83. The normalized spacial score (nSPS) is 10.9. The molecule has 0 bridgehead atoms. The van der Waals surface area contributed by atoms with Crippen molar-refractivity contribution in [2.24, 2.45) is 5.10 Å². The van der Waals surface area contributed by atoms with Crippen LogP contribution in [0, 0.1) is 0 Å². The van der Waals surface area contributed by atoms with Gasteiger partial charge >= 0.3 is 5.97 Å². The molecule has 1 heterocycles. The summed E-state index contributed by atoms with van der Waals surface area (Å²) in [7, 11) is 0. The first-order chi connectivity index (χ1) is 13.1. The van der Waals surface area contributed by atoms with Crippen molar-refractivity contribution in [3.63, 3.8) is 0 Å². The van der Waals surface area contributed by atoms with Crippen LogP contribution >= 0.6 is 27.3 Å². The summed E-state index contributed by atoms with van der Waals surface area (Å²) < 4.78 is 11.7. The maximum Gasteiger partial charge on any atom is 0.311 e. The van der Waals surface area contributed by atoms with Crippen molar-refractivity contribution in [1.82, 2.24) is 4.98 Å². The Balaban J connectivity index is 1.94. The molecule has 0 saturated carbocycles. The molecule has 0 aliphatic heterocycles.